The lowest BCUT2D eigenvalue weighted by Crippen LogP contribution is -2.41. The third-order valence-corrected chi connectivity index (χ3v) is 4.65. The molecule has 0 aliphatic carbocycles. The molecule has 5 nitrogen and oxygen atoms in total. The fourth-order valence-corrected chi connectivity index (χ4v) is 2.86. The normalized spacial score (nSPS) is 30.5. The first-order chi connectivity index (χ1) is 10.6. The highest BCUT2D eigenvalue weighted by atomic mass is 15.1. The molecular weight excluding hydrogens is 274 g/mol. The molecule has 1 heterocycles. The van der Waals surface area contributed by atoms with Crippen molar-refractivity contribution in [2.24, 2.45) is 5.92 Å². The predicted octanol–water partition coefficient (Wildman–Crippen LogP) is 0.437. The molecule has 0 spiro atoms. The van der Waals surface area contributed by atoms with Gasteiger partial charge in [0.05, 0.1) is 0 Å². The lowest BCUT2D eigenvalue weighted by Gasteiger charge is -2.28. The van der Waals surface area contributed by atoms with E-state index in [4.69, 9.17) is 0 Å². The van der Waals surface area contributed by atoms with E-state index in [1.54, 1.807) is 0 Å². The highest BCUT2D eigenvalue weighted by Gasteiger charge is 2.12. The van der Waals surface area contributed by atoms with Crippen LogP contribution < -0.4 is 16.0 Å². The van der Waals surface area contributed by atoms with Gasteiger partial charge in [0.25, 0.3) is 0 Å². The molecule has 5 heteroatoms. The number of nitrogens with zero attached hydrogens (tertiary/aromatic N) is 2. The zero-order valence-electron chi connectivity index (χ0n) is 15.3. The summed E-state index contributed by atoms with van der Waals surface area (Å²) in [6, 6.07) is 0.608. The molecule has 0 amide bonds. The fourth-order valence-electron chi connectivity index (χ4n) is 2.86. The average molecular weight is 314 g/mol. The van der Waals surface area contributed by atoms with E-state index >= 15 is 0 Å². The van der Waals surface area contributed by atoms with Gasteiger partial charge < -0.3 is 25.8 Å². The van der Waals surface area contributed by atoms with Gasteiger partial charge in [-0.3, -0.25) is 0 Å². The fraction of sp³-hybridized carbons (Fsp3) is 1.00. The van der Waals surface area contributed by atoms with Crippen LogP contribution in [0.15, 0.2) is 0 Å². The van der Waals surface area contributed by atoms with E-state index in [2.05, 4.69) is 53.7 Å². The van der Waals surface area contributed by atoms with E-state index in [-0.39, 0.29) is 0 Å². The van der Waals surface area contributed by atoms with Crippen molar-refractivity contribution in [1.29, 1.82) is 0 Å². The van der Waals surface area contributed by atoms with Crippen LogP contribution in [0.1, 0.15) is 26.7 Å². The Morgan fingerprint density at radius 2 is 1.55 bits per heavy atom. The van der Waals surface area contributed by atoms with Crippen LogP contribution in [-0.4, -0.2) is 88.8 Å². The first-order valence-corrected chi connectivity index (χ1v) is 9.10. The summed E-state index contributed by atoms with van der Waals surface area (Å²) in [5.41, 5.74) is 0. The van der Waals surface area contributed by atoms with Crippen LogP contribution in [0.4, 0.5) is 0 Å². The van der Waals surface area contributed by atoms with Gasteiger partial charge in [0.15, 0.2) is 0 Å². The zero-order valence-corrected chi connectivity index (χ0v) is 15.3. The van der Waals surface area contributed by atoms with Crippen LogP contribution >= 0.6 is 0 Å². The van der Waals surface area contributed by atoms with Crippen LogP contribution in [0.3, 0.4) is 0 Å². The van der Waals surface area contributed by atoms with Gasteiger partial charge in [0, 0.05) is 45.3 Å². The SMILES string of the molecule is CC1CCNCCNCCN(C)CCCNCC(C)N(C)C1. The Kier molecular flexibility index (Phi) is 11.1. The van der Waals surface area contributed by atoms with Crippen LogP contribution in [0.5, 0.6) is 0 Å². The van der Waals surface area contributed by atoms with Crippen molar-refractivity contribution < 1.29 is 0 Å². The summed E-state index contributed by atoms with van der Waals surface area (Å²) in [6.45, 7) is 14.8. The highest BCUT2D eigenvalue weighted by Crippen LogP contribution is 2.05. The van der Waals surface area contributed by atoms with Crippen molar-refractivity contribution >= 4 is 0 Å². The topological polar surface area (TPSA) is 42.6 Å². The van der Waals surface area contributed by atoms with Gasteiger partial charge in [-0.15, -0.1) is 0 Å². The summed E-state index contributed by atoms with van der Waals surface area (Å²) in [5.74, 6) is 0.750. The van der Waals surface area contributed by atoms with Crippen molar-refractivity contribution in [1.82, 2.24) is 25.8 Å². The smallest absolute Gasteiger partial charge is 0.0189 e. The van der Waals surface area contributed by atoms with Gasteiger partial charge in [-0.2, -0.15) is 0 Å². The highest BCUT2D eigenvalue weighted by molar-refractivity contribution is 4.70. The van der Waals surface area contributed by atoms with Crippen molar-refractivity contribution in [3.05, 3.63) is 0 Å². The summed E-state index contributed by atoms with van der Waals surface area (Å²) in [7, 11) is 4.47. The number of hydrogen-bond donors (Lipinski definition) is 3. The molecule has 0 radical (unpaired) electrons. The largest absolute Gasteiger partial charge is 0.315 e. The minimum absolute atomic E-state index is 0.608. The monoisotopic (exact) mass is 313 g/mol. The van der Waals surface area contributed by atoms with E-state index in [0.29, 0.717) is 6.04 Å². The Hall–Kier alpha value is -0.200. The van der Waals surface area contributed by atoms with E-state index in [1.165, 1.54) is 25.9 Å². The van der Waals surface area contributed by atoms with Crippen LogP contribution in [0.25, 0.3) is 0 Å². The standard InChI is InChI=1S/C17H39N5/c1-16-6-8-18-9-10-19-11-13-21(3)12-5-7-20-14-17(2)22(4)15-16/h16-20H,5-15H2,1-4H3. The second-order valence-corrected chi connectivity index (χ2v) is 7.04. The molecule has 2 atom stereocenters. The number of likely N-dealkylation sites (N-methyl/N-ethyl adjacent to an activating group) is 2. The lowest BCUT2D eigenvalue weighted by molar-refractivity contribution is 0.213. The van der Waals surface area contributed by atoms with Crippen molar-refractivity contribution in [2.45, 2.75) is 32.7 Å². The Morgan fingerprint density at radius 3 is 2.32 bits per heavy atom. The Bertz CT molecular complexity index is 261. The van der Waals surface area contributed by atoms with Crippen LogP contribution in [0, 0.1) is 5.92 Å². The maximum absolute atomic E-state index is 3.61. The third kappa shape index (κ3) is 9.74. The van der Waals surface area contributed by atoms with Gasteiger partial charge in [-0.25, -0.2) is 0 Å². The average Bonchev–Trinajstić information content (AvgIpc) is 2.48. The van der Waals surface area contributed by atoms with Crippen molar-refractivity contribution in [3.63, 3.8) is 0 Å². The van der Waals surface area contributed by atoms with Gasteiger partial charge in [0.1, 0.15) is 0 Å². The molecule has 0 aromatic rings. The Balaban J connectivity index is 2.33. The molecule has 1 aliphatic heterocycles. The van der Waals surface area contributed by atoms with Gasteiger partial charge >= 0.3 is 0 Å². The first-order valence-electron chi connectivity index (χ1n) is 9.10. The second kappa shape index (κ2) is 12.3. The molecule has 0 bridgehead atoms. The molecule has 0 aromatic carbocycles. The number of hydrogen-bond acceptors (Lipinski definition) is 5. The third-order valence-electron chi connectivity index (χ3n) is 4.65. The molecule has 0 aromatic heterocycles. The Morgan fingerprint density at radius 1 is 0.818 bits per heavy atom. The predicted molar refractivity (Wildman–Crippen MR) is 96.6 cm³/mol. The van der Waals surface area contributed by atoms with E-state index in [0.717, 1.165) is 51.7 Å². The summed E-state index contributed by atoms with van der Waals surface area (Å²) >= 11 is 0. The summed E-state index contributed by atoms with van der Waals surface area (Å²) in [5, 5.41) is 10.7. The summed E-state index contributed by atoms with van der Waals surface area (Å²) in [6.07, 6.45) is 2.48. The van der Waals surface area contributed by atoms with Crippen LogP contribution in [-0.2, 0) is 0 Å². The van der Waals surface area contributed by atoms with Crippen LogP contribution in [0.2, 0.25) is 0 Å². The minimum Gasteiger partial charge on any atom is -0.315 e. The van der Waals surface area contributed by atoms with Crippen molar-refractivity contribution in [3.8, 4) is 0 Å². The number of rotatable bonds is 0. The maximum Gasteiger partial charge on any atom is 0.0189 e. The van der Waals surface area contributed by atoms with Crippen molar-refractivity contribution in [2.75, 3.05) is 73.0 Å². The molecule has 1 fully saturated rings. The Labute approximate surface area is 138 Å². The van der Waals surface area contributed by atoms with E-state index < -0.39 is 0 Å². The molecule has 22 heavy (non-hydrogen) atoms. The second-order valence-electron chi connectivity index (χ2n) is 7.04. The molecular formula is C17H39N5. The minimum atomic E-state index is 0.608. The van der Waals surface area contributed by atoms with Gasteiger partial charge in [-0.05, 0) is 59.4 Å². The maximum atomic E-state index is 3.61. The zero-order chi connectivity index (χ0) is 16.2. The lowest BCUT2D eigenvalue weighted by atomic mass is 10.1. The molecule has 1 rings (SSSR count). The quantitative estimate of drug-likeness (QED) is 0.605. The molecule has 3 N–H and O–H groups in total. The van der Waals surface area contributed by atoms with Gasteiger partial charge in [0.2, 0.25) is 0 Å². The molecule has 1 aliphatic rings. The molecule has 132 valence electrons. The molecule has 2 unspecified atom stereocenters. The summed E-state index contributed by atoms with van der Waals surface area (Å²) in [4.78, 5) is 4.91. The van der Waals surface area contributed by atoms with E-state index in [1.807, 2.05) is 0 Å². The molecule has 0 saturated carbocycles. The molecule has 1 saturated heterocycles. The van der Waals surface area contributed by atoms with Gasteiger partial charge in [-0.1, -0.05) is 6.92 Å². The number of nitrogens with one attached hydrogen (secondary N) is 3. The first kappa shape index (κ1) is 19.8. The summed E-state index contributed by atoms with van der Waals surface area (Å²) < 4.78 is 0. The van der Waals surface area contributed by atoms with E-state index in [9.17, 15) is 0 Å².